The standard InChI is InChI=1S/C15H16ClN3O/c1-9(20)14-12(7-17-8-13(14)16)11-5-10-3-2-4-18-15(10)19-6-11/h5-9,20H,2-4H2,1H3,(H,18,19). The number of aryl methyl sites for hydroxylation is 1. The molecule has 0 bridgehead atoms. The van der Waals surface area contributed by atoms with Gasteiger partial charge in [-0.05, 0) is 31.4 Å². The van der Waals surface area contributed by atoms with Gasteiger partial charge in [0.15, 0.2) is 0 Å². The number of aliphatic hydroxyl groups excluding tert-OH is 1. The van der Waals surface area contributed by atoms with Crippen LogP contribution in [-0.2, 0) is 6.42 Å². The number of hydrogen-bond donors (Lipinski definition) is 2. The second kappa shape index (κ2) is 5.38. The third kappa shape index (κ3) is 2.37. The minimum Gasteiger partial charge on any atom is -0.389 e. The maximum Gasteiger partial charge on any atom is 0.129 e. The number of nitrogens with zero attached hydrogens (tertiary/aromatic N) is 2. The summed E-state index contributed by atoms with van der Waals surface area (Å²) in [6.45, 7) is 2.68. The van der Waals surface area contributed by atoms with Crippen molar-refractivity contribution in [3.05, 3.63) is 40.8 Å². The summed E-state index contributed by atoms with van der Waals surface area (Å²) >= 11 is 6.16. The van der Waals surface area contributed by atoms with Crippen molar-refractivity contribution >= 4 is 17.4 Å². The van der Waals surface area contributed by atoms with Crippen molar-refractivity contribution in [1.29, 1.82) is 0 Å². The Labute approximate surface area is 122 Å². The minimum atomic E-state index is -0.644. The molecule has 0 spiro atoms. The van der Waals surface area contributed by atoms with Gasteiger partial charge in [-0.3, -0.25) is 4.98 Å². The van der Waals surface area contributed by atoms with E-state index >= 15 is 0 Å². The summed E-state index contributed by atoms with van der Waals surface area (Å²) in [6.07, 6.45) is 6.57. The smallest absolute Gasteiger partial charge is 0.129 e. The van der Waals surface area contributed by atoms with Crippen molar-refractivity contribution in [2.24, 2.45) is 0 Å². The van der Waals surface area contributed by atoms with E-state index in [1.165, 1.54) is 5.56 Å². The van der Waals surface area contributed by atoms with Crippen LogP contribution in [0.25, 0.3) is 11.1 Å². The number of rotatable bonds is 2. The van der Waals surface area contributed by atoms with Crippen LogP contribution in [0, 0.1) is 0 Å². The van der Waals surface area contributed by atoms with Crippen LogP contribution < -0.4 is 5.32 Å². The van der Waals surface area contributed by atoms with Crippen molar-refractivity contribution in [3.63, 3.8) is 0 Å². The molecule has 2 N–H and O–H groups in total. The molecule has 1 unspecified atom stereocenters. The first-order chi connectivity index (χ1) is 9.66. The van der Waals surface area contributed by atoms with E-state index in [0.717, 1.165) is 36.3 Å². The lowest BCUT2D eigenvalue weighted by atomic mass is 9.97. The number of hydrogen-bond acceptors (Lipinski definition) is 4. The molecule has 0 aromatic carbocycles. The molecule has 0 aliphatic carbocycles. The lowest BCUT2D eigenvalue weighted by Gasteiger charge is -2.19. The molecule has 2 aromatic rings. The van der Waals surface area contributed by atoms with Gasteiger partial charge in [0.1, 0.15) is 5.82 Å². The monoisotopic (exact) mass is 289 g/mol. The molecule has 104 valence electrons. The van der Waals surface area contributed by atoms with E-state index in [9.17, 15) is 5.11 Å². The Morgan fingerprint density at radius 2 is 2.20 bits per heavy atom. The van der Waals surface area contributed by atoms with Crippen LogP contribution in [-0.4, -0.2) is 21.6 Å². The number of aliphatic hydroxyl groups is 1. The molecule has 3 rings (SSSR count). The molecular weight excluding hydrogens is 274 g/mol. The summed E-state index contributed by atoms with van der Waals surface area (Å²) in [5.74, 6) is 0.952. The van der Waals surface area contributed by atoms with Gasteiger partial charge in [-0.25, -0.2) is 4.98 Å². The second-order valence-corrected chi connectivity index (χ2v) is 5.43. The summed E-state index contributed by atoms with van der Waals surface area (Å²) in [5, 5.41) is 13.7. The molecular formula is C15H16ClN3O. The van der Waals surface area contributed by atoms with Gasteiger partial charge in [-0.2, -0.15) is 0 Å². The maximum absolute atomic E-state index is 9.94. The topological polar surface area (TPSA) is 58.0 Å². The number of halogens is 1. The fourth-order valence-electron chi connectivity index (χ4n) is 2.59. The van der Waals surface area contributed by atoms with Crippen LogP contribution >= 0.6 is 11.6 Å². The van der Waals surface area contributed by atoms with Crippen LogP contribution in [0.2, 0.25) is 5.02 Å². The average Bonchev–Trinajstić information content (AvgIpc) is 2.46. The first-order valence-electron chi connectivity index (χ1n) is 6.71. The average molecular weight is 290 g/mol. The van der Waals surface area contributed by atoms with Crippen LogP contribution in [0.1, 0.15) is 30.6 Å². The molecule has 20 heavy (non-hydrogen) atoms. The molecule has 0 amide bonds. The fraction of sp³-hybridized carbons (Fsp3) is 0.333. The van der Waals surface area contributed by atoms with E-state index < -0.39 is 6.10 Å². The van der Waals surface area contributed by atoms with Gasteiger partial charge in [0.25, 0.3) is 0 Å². The Kier molecular flexibility index (Phi) is 3.59. The first-order valence-corrected chi connectivity index (χ1v) is 7.09. The van der Waals surface area contributed by atoms with Gasteiger partial charge >= 0.3 is 0 Å². The highest BCUT2D eigenvalue weighted by molar-refractivity contribution is 6.31. The lowest BCUT2D eigenvalue weighted by molar-refractivity contribution is 0.200. The van der Waals surface area contributed by atoms with Crippen LogP contribution in [0.15, 0.2) is 24.7 Å². The van der Waals surface area contributed by atoms with Gasteiger partial charge in [0.2, 0.25) is 0 Å². The SMILES string of the molecule is CC(O)c1c(Cl)cncc1-c1cnc2c(c1)CCCN2. The molecule has 0 saturated carbocycles. The Morgan fingerprint density at radius 3 is 3.00 bits per heavy atom. The van der Waals surface area contributed by atoms with Crippen molar-refractivity contribution in [1.82, 2.24) is 9.97 Å². The summed E-state index contributed by atoms with van der Waals surface area (Å²) in [4.78, 5) is 8.59. The predicted molar refractivity (Wildman–Crippen MR) is 79.9 cm³/mol. The largest absolute Gasteiger partial charge is 0.389 e. The van der Waals surface area contributed by atoms with Crippen molar-refractivity contribution in [2.75, 3.05) is 11.9 Å². The number of aromatic nitrogens is 2. The quantitative estimate of drug-likeness (QED) is 0.891. The van der Waals surface area contributed by atoms with Gasteiger partial charge in [0, 0.05) is 41.8 Å². The Hall–Kier alpha value is -1.65. The normalized spacial score (nSPS) is 15.3. The van der Waals surface area contributed by atoms with E-state index in [1.54, 1.807) is 25.5 Å². The molecule has 4 nitrogen and oxygen atoms in total. The molecule has 1 atom stereocenters. The molecule has 2 aromatic heterocycles. The Bertz CT molecular complexity index is 643. The number of anilines is 1. The number of nitrogens with one attached hydrogen (secondary N) is 1. The number of fused-ring (bicyclic) bond motifs is 1. The van der Waals surface area contributed by atoms with E-state index in [1.807, 2.05) is 0 Å². The van der Waals surface area contributed by atoms with Gasteiger partial charge < -0.3 is 10.4 Å². The summed E-state index contributed by atoms with van der Waals surface area (Å²) in [5.41, 5.74) is 3.68. The molecule has 5 heteroatoms. The van der Waals surface area contributed by atoms with Crippen LogP contribution in [0.5, 0.6) is 0 Å². The van der Waals surface area contributed by atoms with Gasteiger partial charge in [-0.1, -0.05) is 11.6 Å². The Balaban J connectivity index is 2.12. The summed E-state index contributed by atoms with van der Waals surface area (Å²) in [7, 11) is 0. The van der Waals surface area contributed by atoms with Gasteiger partial charge in [-0.15, -0.1) is 0 Å². The molecule has 3 heterocycles. The zero-order valence-electron chi connectivity index (χ0n) is 11.2. The molecule has 1 aliphatic heterocycles. The first kappa shape index (κ1) is 13.3. The van der Waals surface area contributed by atoms with Crippen LogP contribution in [0.3, 0.4) is 0 Å². The van der Waals surface area contributed by atoms with E-state index in [4.69, 9.17) is 11.6 Å². The molecule has 0 saturated heterocycles. The third-order valence-corrected chi connectivity index (χ3v) is 3.85. The predicted octanol–water partition coefficient (Wildman–Crippen LogP) is 3.21. The summed E-state index contributed by atoms with van der Waals surface area (Å²) in [6, 6.07) is 2.10. The lowest BCUT2D eigenvalue weighted by Crippen LogP contribution is -2.13. The molecule has 1 aliphatic rings. The third-order valence-electron chi connectivity index (χ3n) is 3.55. The zero-order chi connectivity index (χ0) is 14.1. The van der Waals surface area contributed by atoms with Crippen molar-refractivity contribution in [3.8, 4) is 11.1 Å². The van der Waals surface area contributed by atoms with Crippen molar-refractivity contribution < 1.29 is 5.11 Å². The van der Waals surface area contributed by atoms with Gasteiger partial charge in [0.05, 0.1) is 11.1 Å². The van der Waals surface area contributed by atoms with E-state index in [0.29, 0.717) is 10.6 Å². The van der Waals surface area contributed by atoms with E-state index in [-0.39, 0.29) is 0 Å². The minimum absolute atomic E-state index is 0.480. The van der Waals surface area contributed by atoms with Crippen molar-refractivity contribution in [2.45, 2.75) is 25.9 Å². The zero-order valence-corrected chi connectivity index (χ0v) is 12.0. The highest BCUT2D eigenvalue weighted by Gasteiger charge is 2.17. The number of pyridine rings is 2. The van der Waals surface area contributed by atoms with E-state index in [2.05, 4.69) is 21.4 Å². The Morgan fingerprint density at radius 1 is 1.35 bits per heavy atom. The highest BCUT2D eigenvalue weighted by atomic mass is 35.5. The van der Waals surface area contributed by atoms with Crippen LogP contribution in [0.4, 0.5) is 5.82 Å². The maximum atomic E-state index is 9.94. The molecule has 0 radical (unpaired) electrons. The summed E-state index contributed by atoms with van der Waals surface area (Å²) < 4.78 is 0. The highest BCUT2D eigenvalue weighted by Crippen LogP contribution is 2.34. The molecule has 0 fully saturated rings. The second-order valence-electron chi connectivity index (χ2n) is 5.02. The fourth-order valence-corrected chi connectivity index (χ4v) is 2.91.